The van der Waals surface area contributed by atoms with Gasteiger partial charge in [0.25, 0.3) is 0 Å². The minimum absolute atomic E-state index is 0.184. The second-order valence-electron chi connectivity index (χ2n) is 6.42. The van der Waals surface area contributed by atoms with Gasteiger partial charge in [0.1, 0.15) is 5.54 Å². The number of benzene rings is 1. The molecule has 0 radical (unpaired) electrons. The molecular formula is C17H22ClN3O. The van der Waals surface area contributed by atoms with E-state index in [0.29, 0.717) is 6.54 Å². The lowest BCUT2D eigenvalue weighted by molar-refractivity contribution is -0.134. The molecule has 3 rings (SSSR count). The maximum atomic E-state index is 12.9. The molecule has 2 fully saturated rings. The molecule has 118 valence electrons. The van der Waals surface area contributed by atoms with Crippen LogP contribution >= 0.6 is 11.6 Å². The van der Waals surface area contributed by atoms with Gasteiger partial charge in [-0.05, 0) is 30.2 Å². The van der Waals surface area contributed by atoms with Crippen LogP contribution in [0.1, 0.15) is 13.8 Å². The third-order valence-corrected chi connectivity index (χ3v) is 5.10. The first-order chi connectivity index (χ1) is 10.5. The van der Waals surface area contributed by atoms with Crippen molar-refractivity contribution in [3.63, 3.8) is 0 Å². The summed E-state index contributed by atoms with van der Waals surface area (Å²) in [6.07, 6.45) is 1.80. The predicted octanol–water partition coefficient (Wildman–Crippen LogP) is 2.70. The van der Waals surface area contributed by atoms with Crippen LogP contribution < -0.4 is 10.4 Å². The Hall–Kier alpha value is -1.52. The van der Waals surface area contributed by atoms with E-state index < -0.39 is 5.54 Å². The van der Waals surface area contributed by atoms with Gasteiger partial charge in [-0.25, -0.2) is 5.43 Å². The van der Waals surface area contributed by atoms with Gasteiger partial charge in [-0.15, -0.1) is 6.58 Å². The van der Waals surface area contributed by atoms with Crippen LogP contribution in [0.15, 0.2) is 36.9 Å². The fourth-order valence-electron chi connectivity index (χ4n) is 3.71. The second kappa shape index (κ2) is 5.60. The van der Waals surface area contributed by atoms with Crippen molar-refractivity contribution >= 4 is 23.2 Å². The highest BCUT2D eigenvalue weighted by Crippen LogP contribution is 2.41. The van der Waals surface area contributed by atoms with Crippen LogP contribution in [0.2, 0.25) is 5.02 Å². The number of carbonyl (C=O) groups excluding carboxylic acids is 1. The van der Waals surface area contributed by atoms with Gasteiger partial charge in [-0.3, -0.25) is 4.79 Å². The normalized spacial score (nSPS) is 27.6. The Labute approximate surface area is 136 Å². The molecule has 2 unspecified atom stereocenters. The molecule has 2 saturated heterocycles. The van der Waals surface area contributed by atoms with Gasteiger partial charge < -0.3 is 9.91 Å². The minimum Gasteiger partial charge on any atom is -0.337 e. The molecule has 0 spiro atoms. The van der Waals surface area contributed by atoms with E-state index in [2.05, 4.69) is 30.9 Å². The third kappa shape index (κ3) is 2.22. The van der Waals surface area contributed by atoms with Crippen LogP contribution in [0, 0.1) is 11.8 Å². The van der Waals surface area contributed by atoms with Gasteiger partial charge in [0, 0.05) is 30.6 Å². The van der Waals surface area contributed by atoms with Crippen molar-refractivity contribution in [1.82, 2.24) is 10.3 Å². The Morgan fingerprint density at radius 1 is 1.41 bits per heavy atom. The Bertz CT molecular complexity index is 586. The maximum Gasteiger partial charge on any atom is 0.245 e. The van der Waals surface area contributed by atoms with E-state index in [-0.39, 0.29) is 17.7 Å². The number of carbonyl (C=O) groups is 1. The number of hydrogen-bond acceptors (Lipinski definition) is 3. The van der Waals surface area contributed by atoms with Crippen molar-refractivity contribution < 1.29 is 4.79 Å². The van der Waals surface area contributed by atoms with E-state index in [9.17, 15) is 4.79 Å². The molecule has 0 aromatic heterocycles. The van der Waals surface area contributed by atoms with Crippen molar-refractivity contribution in [3.05, 3.63) is 41.9 Å². The number of fused-ring (bicyclic) bond motifs is 1. The topological polar surface area (TPSA) is 35.6 Å². The van der Waals surface area contributed by atoms with E-state index in [1.165, 1.54) is 0 Å². The Balaban J connectivity index is 1.88. The first kappa shape index (κ1) is 15.4. The molecule has 5 heteroatoms. The number of nitrogens with one attached hydrogen (secondary N) is 1. The average molecular weight is 320 g/mol. The van der Waals surface area contributed by atoms with Crippen LogP contribution in [-0.4, -0.2) is 36.0 Å². The Morgan fingerprint density at radius 2 is 2.09 bits per heavy atom. The van der Waals surface area contributed by atoms with Crippen LogP contribution in [0.3, 0.4) is 0 Å². The Kier molecular flexibility index (Phi) is 3.91. The first-order valence-electron chi connectivity index (χ1n) is 7.70. The molecule has 0 saturated carbocycles. The summed E-state index contributed by atoms with van der Waals surface area (Å²) in [5.41, 5.74) is 4.04. The summed E-state index contributed by atoms with van der Waals surface area (Å²) in [4.78, 5) is 14.8. The molecule has 0 aliphatic carbocycles. The van der Waals surface area contributed by atoms with E-state index in [1.54, 1.807) is 6.08 Å². The molecule has 1 amide bonds. The SMILES string of the molecule is C=CCN1CC2CN(c3ccc(Cl)cc3)NC2(C(C)C)C1=O. The van der Waals surface area contributed by atoms with E-state index in [0.717, 1.165) is 23.8 Å². The molecule has 22 heavy (non-hydrogen) atoms. The average Bonchev–Trinajstić information content (AvgIpc) is 2.97. The van der Waals surface area contributed by atoms with Gasteiger partial charge in [0.2, 0.25) is 5.91 Å². The van der Waals surface area contributed by atoms with Crippen LogP contribution in [0.4, 0.5) is 5.69 Å². The number of hydrogen-bond donors (Lipinski definition) is 1. The number of amides is 1. The minimum atomic E-state index is -0.511. The largest absolute Gasteiger partial charge is 0.337 e. The number of hydrazine groups is 1. The second-order valence-corrected chi connectivity index (χ2v) is 6.85. The van der Waals surface area contributed by atoms with Crippen LogP contribution in [0.5, 0.6) is 0 Å². The highest BCUT2D eigenvalue weighted by atomic mass is 35.5. The lowest BCUT2D eigenvalue weighted by atomic mass is 9.79. The van der Waals surface area contributed by atoms with Gasteiger partial charge in [-0.1, -0.05) is 31.5 Å². The van der Waals surface area contributed by atoms with E-state index in [1.807, 2.05) is 29.2 Å². The summed E-state index contributed by atoms with van der Waals surface area (Å²) >= 11 is 5.96. The zero-order valence-corrected chi connectivity index (χ0v) is 13.8. The summed E-state index contributed by atoms with van der Waals surface area (Å²) in [5, 5.41) is 2.80. The summed E-state index contributed by atoms with van der Waals surface area (Å²) in [6, 6.07) is 7.72. The lowest BCUT2D eigenvalue weighted by Gasteiger charge is -2.33. The number of rotatable bonds is 4. The molecule has 1 aromatic carbocycles. The fourth-order valence-corrected chi connectivity index (χ4v) is 3.84. The van der Waals surface area contributed by atoms with Crippen molar-refractivity contribution in [1.29, 1.82) is 0 Å². The standard InChI is InChI=1S/C17H22ClN3O/c1-4-9-20-10-13-11-21(15-7-5-14(18)6-8-15)19-17(13,12(2)3)16(20)22/h4-8,12-13,19H,1,9-11H2,2-3H3. The smallest absolute Gasteiger partial charge is 0.245 e. The predicted molar refractivity (Wildman–Crippen MR) is 89.8 cm³/mol. The number of halogens is 1. The van der Waals surface area contributed by atoms with Gasteiger partial charge in [0.15, 0.2) is 0 Å². The van der Waals surface area contributed by atoms with E-state index >= 15 is 0 Å². The molecule has 1 N–H and O–H groups in total. The summed E-state index contributed by atoms with van der Waals surface area (Å²) in [7, 11) is 0. The molecule has 1 aromatic rings. The van der Waals surface area contributed by atoms with Gasteiger partial charge in [0.05, 0.1) is 5.69 Å². The summed E-state index contributed by atoms with van der Waals surface area (Å²) in [6.45, 7) is 10.2. The Morgan fingerprint density at radius 3 is 2.64 bits per heavy atom. The molecular weight excluding hydrogens is 298 g/mol. The highest BCUT2D eigenvalue weighted by molar-refractivity contribution is 6.30. The lowest BCUT2D eigenvalue weighted by Crippen LogP contribution is -2.57. The molecule has 2 aliphatic rings. The third-order valence-electron chi connectivity index (χ3n) is 4.85. The van der Waals surface area contributed by atoms with Crippen molar-refractivity contribution in [2.24, 2.45) is 11.8 Å². The number of anilines is 1. The maximum absolute atomic E-state index is 12.9. The van der Waals surface area contributed by atoms with Crippen molar-refractivity contribution in [3.8, 4) is 0 Å². The van der Waals surface area contributed by atoms with Gasteiger partial charge >= 0.3 is 0 Å². The first-order valence-corrected chi connectivity index (χ1v) is 8.08. The molecule has 0 bridgehead atoms. The highest BCUT2D eigenvalue weighted by Gasteiger charge is 2.60. The number of nitrogens with zero attached hydrogens (tertiary/aromatic N) is 2. The summed E-state index contributed by atoms with van der Waals surface area (Å²) < 4.78 is 0. The van der Waals surface area contributed by atoms with Crippen LogP contribution in [0.25, 0.3) is 0 Å². The summed E-state index contributed by atoms with van der Waals surface area (Å²) in [5.74, 6) is 0.677. The molecule has 4 nitrogen and oxygen atoms in total. The van der Waals surface area contributed by atoms with Crippen molar-refractivity contribution in [2.75, 3.05) is 24.6 Å². The molecule has 2 aliphatic heterocycles. The zero-order valence-electron chi connectivity index (χ0n) is 13.1. The monoisotopic (exact) mass is 319 g/mol. The molecule has 2 atom stereocenters. The van der Waals surface area contributed by atoms with Gasteiger partial charge in [-0.2, -0.15) is 0 Å². The number of likely N-dealkylation sites (tertiary alicyclic amines) is 1. The quantitative estimate of drug-likeness (QED) is 0.867. The van der Waals surface area contributed by atoms with E-state index in [4.69, 9.17) is 11.6 Å². The zero-order chi connectivity index (χ0) is 15.9. The van der Waals surface area contributed by atoms with Crippen molar-refractivity contribution in [2.45, 2.75) is 19.4 Å². The molecule has 2 heterocycles. The van der Waals surface area contributed by atoms with Crippen LogP contribution in [-0.2, 0) is 4.79 Å². The fraction of sp³-hybridized carbons (Fsp3) is 0.471.